The molecule has 7 nitrogen and oxygen atoms in total. The van der Waals surface area contributed by atoms with Crippen molar-refractivity contribution in [1.82, 2.24) is 5.32 Å². The van der Waals surface area contributed by atoms with Gasteiger partial charge in [0, 0.05) is 0 Å². The fourth-order valence-corrected chi connectivity index (χ4v) is 1.17. The van der Waals surface area contributed by atoms with Crippen LogP contribution >= 0.6 is 0 Å². The van der Waals surface area contributed by atoms with Gasteiger partial charge in [0.15, 0.2) is 0 Å². The van der Waals surface area contributed by atoms with Crippen molar-refractivity contribution in [3.63, 3.8) is 0 Å². The van der Waals surface area contributed by atoms with Crippen LogP contribution in [0.15, 0.2) is 16.5 Å². The van der Waals surface area contributed by atoms with Crippen LogP contribution in [0.25, 0.3) is 0 Å². The molecule has 0 saturated carbocycles. The Kier molecular flexibility index (Phi) is 1.84. The van der Waals surface area contributed by atoms with Gasteiger partial charge in [-0.3, -0.25) is 10.1 Å². The number of nitrogens with one attached hydrogen (secondary N) is 1. The number of alkyl carbamates (subject to hydrolysis) is 1. The minimum Gasteiger partial charge on any atom is -0.447 e. The predicted octanol–water partition coefficient (Wildman–Crippen LogP) is 0.969. The maximum Gasteiger partial charge on any atom is 0.433 e. The molecule has 14 heavy (non-hydrogen) atoms. The molecule has 7 heteroatoms. The number of hydrogen-bond acceptors (Lipinski definition) is 5. The molecule has 1 aliphatic heterocycles. The van der Waals surface area contributed by atoms with Crippen LogP contribution in [0.4, 0.5) is 10.7 Å². The molecule has 0 aromatic carbocycles. The molecule has 0 radical (unpaired) electrons. The Bertz CT molecular complexity index is 385. The summed E-state index contributed by atoms with van der Waals surface area (Å²) in [5.41, 5.74) is 0. The third-order valence-corrected chi connectivity index (χ3v) is 1.81. The summed E-state index contributed by atoms with van der Waals surface area (Å²) in [6.07, 6.45) is -0.547. The molecule has 1 aliphatic rings. The van der Waals surface area contributed by atoms with Gasteiger partial charge in [-0.1, -0.05) is 0 Å². The zero-order valence-corrected chi connectivity index (χ0v) is 6.93. The summed E-state index contributed by atoms with van der Waals surface area (Å²) in [4.78, 5) is 20.3. The Balaban J connectivity index is 2.17. The van der Waals surface area contributed by atoms with Crippen molar-refractivity contribution in [2.75, 3.05) is 6.61 Å². The zero-order chi connectivity index (χ0) is 10.1. The number of rotatable bonds is 2. The maximum atomic E-state index is 10.7. The van der Waals surface area contributed by atoms with E-state index in [1.807, 2.05) is 0 Å². The van der Waals surface area contributed by atoms with E-state index >= 15 is 0 Å². The second-order valence-corrected chi connectivity index (χ2v) is 2.73. The Morgan fingerprint density at radius 3 is 2.86 bits per heavy atom. The van der Waals surface area contributed by atoms with E-state index in [1.54, 1.807) is 0 Å². The van der Waals surface area contributed by atoms with Crippen LogP contribution in [-0.4, -0.2) is 17.6 Å². The summed E-state index contributed by atoms with van der Waals surface area (Å²) in [6, 6.07) is 2.24. The highest BCUT2D eigenvalue weighted by molar-refractivity contribution is 5.69. The van der Waals surface area contributed by atoms with E-state index in [2.05, 4.69) is 10.1 Å². The predicted molar refractivity (Wildman–Crippen MR) is 42.6 cm³/mol. The number of carbonyl (C=O) groups is 1. The highest BCUT2D eigenvalue weighted by atomic mass is 16.6. The molecule has 1 aromatic rings. The number of hydrogen-bond donors (Lipinski definition) is 1. The zero-order valence-electron chi connectivity index (χ0n) is 6.93. The molecular formula is C7H6N2O5. The second-order valence-electron chi connectivity index (χ2n) is 2.73. The summed E-state index contributed by atoms with van der Waals surface area (Å²) in [5.74, 6) is -0.0244. The first kappa shape index (κ1) is 8.54. The quantitative estimate of drug-likeness (QED) is 0.564. The highest BCUT2D eigenvalue weighted by Crippen LogP contribution is 2.24. The molecule has 1 amide bonds. The number of amides is 1. The third kappa shape index (κ3) is 1.39. The lowest BCUT2D eigenvalue weighted by atomic mass is 10.2. The van der Waals surface area contributed by atoms with E-state index in [9.17, 15) is 14.9 Å². The summed E-state index contributed by atoms with van der Waals surface area (Å²) in [5, 5.41) is 12.7. The number of cyclic esters (lactones) is 1. The average Bonchev–Trinajstić information content (AvgIpc) is 2.70. The van der Waals surface area contributed by atoms with E-state index in [0.29, 0.717) is 5.76 Å². The Morgan fingerprint density at radius 2 is 2.36 bits per heavy atom. The molecular weight excluding hydrogens is 192 g/mol. The first-order valence-corrected chi connectivity index (χ1v) is 3.84. The van der Waals surface area contributed by atoms with Crippen LogP contribution in [0.1, 0.15) is 11.8 Å². The fourth-order valence-electron chi connectivity index (χ4n) is 1.17. The molecule has 1 aromatic heterocycles. The summed E-state index contributed by atoms with van der Waals surface area (Å²) in [7, 11) is 0. The number of nitro groups is 1. The molecule has 1 atom stereocenters. The molecule has 1 fully saturated rings. The number of nitrogens with zero attached hydrogens (tertiary/aromatic N) is 1. The van der Waals surface area contributed by atoms with Crippen molar-refractivity contribution in [2.24, 2.45) is 0 Å². The number of furan rings is 1. The lowest BCUT2D eigenvalue weighted by molar-refractivity contribution is -0.402. The molecule has 1 N–H and O–H groups in total. The van der Waals surface area contributed by atoms with Gasteiger partial charge in [-0.2, -0.15) is 0 Å². The van der Waals surface area contributed by atoms with Gasteiger partial charge in [0.25, 0.3) is 0 Å². The minimum atomic E-state index is -0.638. The largest absolute Gasteiger partial charge is 0.447 e. The average molecular weight is 198 g/mol. The SMILES string of the molecule is O=C1N[C@H](c2ccc([N+](=O)[O-])o2)CO1. The maximum absolute atomic E-state index is 10.7. The van der Waals surface area contributed by atoms with Crippen LogP contribution < -0.4 is 5.32 Å². The molecule has 2 rings (SSSR count). The van der Waals surface area contributed by atoms with Crippen LogP contribution in [-0.2, 0) is 4.74 Å². The van der Waals surface area contributed by atoms with E-state index in [4.69, 9.17) is 4.42 Å². The standard InChI is InChI=1S/C7H6N2O5/c10-7-8-4(3-13-7)5-1-2-6(14-5)9(11)12/h1-2,4H,3H2,(H,8,10)/t4-/m0/s1. The molecule has 0 unspecified atom stereocenters. The Labute approximate surface area is 77.8 Å². The Hall–Kier alpha value is -2.05. The third-order valence-electron chi connectivity index (χ3n) is 1.81. The molecule has 74 valence electrons. The van der Waals surface area contributed by atoms with E-state index < -0.39 is 17.1 Å². The van der Waals surface area contributed by atoms with Gasteiger partial charge in [0.1, 0.15) is 23.3 Å². The van der Waals surface area contributed by atoms with E-state index in [1.165, 1.54) is 12.1 Å². The van der Waals surface area contributed by atoms with E-state index in [-0.39, 0.29) is 12.5 Å². The lowest BCUT2D eigenvalue weighted by Crippen LogP contribution is -2.17. The van der Waals surface area contributed by atoms with Crippen LogP contribution in [0.5, 0.6) is 0 Å². The normalized spacial score (nSPS) is 20.3. The highest BCUT2D eigenvalue weighted by Gasteiger charge is 2.28. The smallest absolute Gasteiger partial charge is 0.433 e. The molecule has 2 heterocycles. The van der Waals surface area contributed by atoms with Gasteiger partial charge < -0.3 is 14.5 Å². The van der Waals surface area contributed by atoms with Crippen LogP contribution in [0, 0.1) is 10.1 Å². The van der Waals surface area contributed by atoms with Gasteiger partial charge in [-0.25, -0.2) is 4.79 Å². The van der Waals surface area contributed by atoms with E-state index in [0.717, 1.165) is 0 Å². The minimum absolute atomic E-state index is 0.128. The molecule has 0 bridgehead atoms. The van der Waals surface area contributed by atoms with Crippen LogP contribution in [0.2, 0.25) is 0 Å². The van der Waals surface area contributed by atoms with Gasteiger partial charge in [-0.15, -0.1) is 0 Å². The number of carbonyl (C=O) groups excluding carboxylic acids is 1. The second kappa shape index (κ2) is 3.02. The Morgan fingerprint density at radius 1 is 1.57 bits per heavy atom. The lowest BCUT2D eigenvalue weighted by Gasteiger charge is -2.00. The van der Waals surface area contributed by atoms with Crippen molar-refractivity contribution in [3.8, 4) is 0 Å². The molecule has 1 saturated heterocycles. The van der Waals surface area contributed by atoms with Crippen molar-refractivity contribution in [1.29, 1.82) is 0 Å². The van der Waals surface area contributed by atoms with Gasteiger partial charge in [0.05, 0.1) is 6.07 Å². The van der Waals surface area contributed by atoms with Crippen molar-refractivity contribution in [2.45, 2.75) is 6.04 Å². The van der Waals surface area contributed by atoms with Gasteiger partial charge in [0.2, 0.25) is 0 Å². The molecule has 0 aliphatic carbocycles. The summed E-state index contributed by atoms with van der Waals surface area (Å²) < 4.78 is 9.49. The van der Waals surface area contributed by atoms with Gasteiger partial charge in [-0.05, 0) is 6.07 Å². The number of ether oxygens (including phenoxy) is 1. The summed E-state index contributed by atoms with van der Waals surface area (Å²) >= 11 is 0. The first-order chi connectivity index (χ1) is 6.66. The first-order valence-electron chi connectivity index (χ1n) is 3.84. The molecule has 0 spiro atoms. The van der Waals surface area contributed by atoms with Crippen LogP contribution in [0.3, 0.4) is 0 Å². The van der Waals surface area contributed by atoms with Crippen molar-refractivity contribution in [3.05, 3.63) is 28.0 Å². The topological polar surface area (TPSA) is 94.6 Å². The van der Waals surface area contributed by atoms with Crippen molar-refractivity contribution >= 4 is 12.0 Å². The van der Waals surface area contributed by atoms with Gasteiger partial charge >= 0.3 is 12.0 Å². The summed E-state index contributed by atoms with van der Waals surface area (Å²) in [6.45, 7) is 0.128. The van der Waals surface area contributed by atoms with Crippen molar-refractivity contribution < 1.29 is 18.9 Å². The monoisotopic (exact) mass is 198 g/mol. The fraction of sp³-hybridized carbons (Fsp3) is 0.286.